The smallest absolute Gasteiger partial charge is 0.315 e. The van der Waals surface area contributed by atoms with E-state index >= 15 is 0 Å². The lowest BCUT2D eigenvalue weighted by Crippen LogP contribution is -2.17. The number of unbranched alkanes of at least 4 members (excludes halogenated alkanes) is 1. The van der Waals surface area contributed by atoms with Crippen LogP contribution in [0.5, 0.6) is 11.5 Å². The van der Waals surface area contributed by atoms with Crippen molar-refractivity contribution in [3.05, 3.63) is 57.9 Å². The predicted molar refractivity (Wildman–Crippen MR) is 99.3 cm³/mol. The molecule has 0 radical (unpaired) electrons. The zero-order valence-corrected chi connectivity index (χ0v) is 15.0. The van der Waals surface area contributed by atoms with Crippen molar-refractivity contribution in [2.75, 3.05) is 13.7 Å². The first-order chi connectivity index (χ1) is 13.1. The first kappa shape index (κ1) is 19.8. The van der Waals surface area contributed by atoms with Gasteiger partial charge in [0, 0.05) is 24.0 Å². The Kier molecular flexibility index (Phi) is 7.24. The van der Waals surface area contributed by atoms with E-state index in [9.17, 15) is 14.9 Å². The summed E-state index contributed by atoms with van der Waals surface area (Å²) in [5, 5.41) is 15.2. The second-order valence-electron chi connectivity index (χ2n) is 5.47. The first-order valence-corrected chi connectivity index (χ1v) is 8.29. The number of pyridine rings is 1. The molecule has 1 aromatic carbocycles. The highest BCUT2D eigenvalue weighted by molar-refractivity contribution is 5.94. The Labute approximate surface area is 156 Å². The summed E-state index contributed by atoms with van der Waals surface area (Å²) in [6, 6.07) is 6.08. The zero-order chi connectivity index (χ0) is 19.6. The Morgan fingerprint density at radius 3 is 2.89 bits per heavy atom. The van der Waals surface area contributed by atoms with E-state index in [2.05, 4.69) is 15.5 Å². The van der Waals surface area contributed by atoms with E-state index in [4.69, 9.17) is 9.47 Å². The van der Waals surface area contributed by atoms with Gasteiger partial charge in [-0.2, -0.15) is 5.10 Å². The first-order valence-electron chi connectivity index (χ1n) is 8.29. The van der Waals surface area contributed by atoms with Crippen LogP contribution in [-0.4, -0.2) is 35.7 Å². The minimum absolute atomic E-state index is 0.0764. The highest BCUT2D eigenvalue weighted by atomic mass is 16.6. The molecule has 1 amide bonds. The third-order valence-corrected chi connectivity index (χ3v) is 3.52. The second-order valence-corrected chi connectivity index (χ2v) is 5.47. The van der Waals surface area contributed by atoms with Crippen LogP contribution in [0.2, 0.25) is 0 Å². The van der Waals surface area contributed by atoms with Crippen molar-refractivity contribution in [2.24, 2.45) is 5.10 Å². The number of benzene rings is 1. The molecule has 0 fully saturated rings. The maximum atomic E-state index is 11.9. The average molecular weight is 372 g/mol. The molecule has 1 aromatic heterocycles. The zero-order valence-electron chi connectivity index (χ0n) is 15.0. The Bertz CT molecular complexity index is 824. The molecular weight excluding hydrogens is 352 g/mol. The topological polar surface area (TPSA) is 116 Å². The van der Waals surface area contributed by atoms with Gasteiger partial charge in [0.05, 0.1) is 30.4 Å². The fourth-order valence-electron chi connectivity index (χ4n) is 2.16. The van der Waals surface area contributed by atoms with Crippen molar-refractivity contribution in [3.8, 4) is 11.5 Å². The van der Waals surface area contributed by atoms with Crippen LogP contribution in [-0.2, 0) is 0 Å². The van der Waals surface area contributed by atoms with Crippen molar-refractivity contribution < 1.29 is 19.2 Å². The largest absolute Gasteiger partial charge is 0.493 e. The number of hydrazone groups is 1. The molecule has 9 heteroatoms. The van der Waals surface area contributed by atoms with E-state index in [1.807, 2.05) is 6.92 Å². The molecule has 2 rings (SSSR count). The molecule has 9 nitrogen and oxygen atoms in total. The van der Waals surface area contributed by atoms with Crippen molar-refractivity contribution in [2.45, 2.75) is 19.8 Å². The highest BCUT2D eigenvalue weighted by Gasteiger charge is 2.22. The second kappa shape index (κ2) is 9.85. The number of amides is 1. The monoisotopic (exact) mass is 372 g/mol. The summed E-state index contributed by atoms with van der Waals surface area (Å²) >= 11 is 0. The lowest BCUT2D eigenvalue weighted by Gasteiger charge is -2.11. The highest BCUT2D eigenvalue weighted by Crippen LogP contribution is 2.38. The molecule has 0 aliphatic heterocycles. The Morgan fingerprint density at radius 2 is 2.26 bits per heavy atom. The lowest BCUT2D eigenvalue weighted by atomic mass is 10.2. The Morgan fingerprint density at radius 1 is 1.44 bits per heavy atom. The quantitative estimate of drug-likeness (QED) is 0.313. The predicted octanol–water partition coefficient (Wildman–Crippen LogP) is 2.94. The van der Waals surface area contributed by atoms with Crippen LogP contribution in [0.3, 0.4) is 0 Å². The van der Waals surface area contributed by atoms with Crippen LogP contribution >= 0.6 is 0 Å². The van der Waals surface area contributed by atoms with Gasteiger partial charge in [-0.15, -0.1) is 0 Å². The molecule has 0 bridgehead atoms. The molecule has 0 aliphatic rings. The van der Waals surface area contributed by atoms with Crippen LogP contribution in [0.1, 0.15) is 35.7 Å². The summed E-state index contributed by atoms with van der Waals surface area (Å²) in [5.41, 5.74) is 2.84. The Balaban J connectivity index is 2.20. The van der Waals surface area contributed by atoms with Crippen LogP contribution in [0, 0.1) is 10.1 Å². The van der Waals surface area contributed by atoms with Crippen LogP contribution in [0.25, 0.3) is 0 Å². The summed E-state index contributed by atoms with van der Waals surface area (Å²) in [6.45, 7) is 2.34. The number of nitrogens with one attached hydrogen (secondary N) is 1. The molecule has 2 aromatic rings. The van der Waals surface area contributed by atoms with Gasteiger partial charge in [-0.05, 0) is 24.6 Å². The molecule has 142 valence electrons. The number of methoxy groups -OCH3 is 1. The van der Waals surface area contributed by atoms with Gasteiger partial charge in [-0.1, -0.05) is 13.3 Å². The fourth-order valence-corrected chi connectivity index (χ4v) is 2.16. The van der Waals surface area contributed by atoms with E-state index in [0.29, 0.717) is 17.7 Å². The van der Waals surface area contributed by atoms with Crippen LogP contribution in [0.4, 0.5) is 5.69 Å². The molecular formula is C18H20N4O5. The van der Waals surface area contributed by atoms with Crippen molar-refractivity contribution >= 4 is 17.8 Å². The number of hydrogen-bond donors (Lipinski definition) is 1. The molecule has 0 saturated carbocycles. The van der Waals surface area contributed by atoms with Crippen LogP contribution in [0.15, 0.2) is 41.8 Å². The maximum absolute atomic E-state index is 11.9. The van der Waals surface area contributed by atoms with Gasteiger partial charge < -0.3 is 9.47 Å². The summed E-state index contributed by atoms with van der Waals surface area (Å²) in [4.78, 5) is 26.6. The minimum atomic E-state index is -0.546. The number of ether oxygens (including phenoxy) is 2. The van der Waals surface area contributed by atoms with E-state index in [-0.39, 0.29) is 17.2 Å². The molecule has 1 heterocycles. The van der Waals surface area contributed by atoms with E-state index < -0.39 is 10.8 Å². The summed E-state index contributed by atoms with van der Waals surface area (Å²) in [7, 11) is 1.40. The van der Waals surface area contributed by atoms with E-state index in [0.717, 1.165) is 12.8 Å². The molecule has 0 aliphatic carbocycles. The normalized spacial score (nSPS) is 10.6. The third kappa shape index (κ3) is 5.50. The number of carbonyl (C=O) groups excluding carboxylic acids is 1. The third-order valence-electron chi connectivity index (χ3n) is 3.52. The maximum Gasteiger partial charge on any atom is 0.315 e. The summed E-state index contributed by atoms with van der Waals surface area (Å²) < 4.78 is 10.7. The SMILES string of the molecule is CCCCOc1c(OC)cc(/C=N\NC(=O)c2cccnc2)cc1[N+](=O)[O-]. The van der Waals surface area contributed by atoms with E-state index in [1.54, 1.807) is 24.4 Å². The molecule has 1 N–H and O–H groups in total. The number of aromatic nitrogens is 1. The number of rotatable bonds is 9. The Hall–Kier alpha value is -3.49. The van der Waals surface area contributed by atoms with Crippen molar-refractivity contribution in [3.63, 3.8) is 0 Å². The van der Waals surface area contributed by atoms with Crippen molar-refractivity contribution in [1.29, 1.82) is 0 Å². The van der Waals surface area contributed by atoms with Gasteiger partial charge in [-0.25, -0.2) is 5.43 Å². The molecule has 0 spiro atoms. The standard InChI is InChI=1S/C18H20N4O5/c1-3-4-8-27-17-15(22(24)25)9-13(10-16(17)26-2)11-20-21-18(23)14-6-5-7-19-12-14/h5-7,9-12H,3-4,8H2,1-2H3,(H,21,23)/b20-11-. The van der Waals surface area contributed by atoms with Gasteiger partial charge in [0.25, 0.3) is 5.91 Å². The number of nitrogens with zero attached hydrogens (tertiary/aromatic N) is 3. The van der Waals surface area contributed by atoms with Crippen LogP contribution < -0.4 is 14.9 Å². The minimum Gasteiger partial charge on any atom is -0.493 e. The van der Waals surface area contributed by atoms with Gasteiger partial charge >= 0.3 is 5.69 Å². The van der Waals surface area contributed by atoms with E-state index in [1.165, 1.54) is 25.6 Å². The fraction of sp³-hybridized carbons (Fsp3) is 0.278. The van der Waals surface area contributed by atoms with Gasteiger partial charge in [0.2, 0.25) is 5.75 Å². The van der Waals surface area contributed by atoms with Gasteiger partial charge in [-0.3, -0.25) is 19.9 Å². The molecule has 27 heavy (non-hydrogen) atoms. The number of nitro groups is 1. The number of nitro benzene ring substituents is 1. The number of hydrogen-bond acceptors (Lipinski definition) is 7. The average Bonchev–Trinajstić information content (AvgIpc) is 2.68. The van der Waals surface area contributed by atoms with Crippen molar-refractivity contribution in [1.82, 2.24) is 10.4 Å². The summed E-state index contributed by atoms with van der Waals surface area (Å²) in [6.07, 6.45) is 5.91. The molecule has 0 saturated heterocycles. The molecule has 0 unspecified atom stereocenters. The van der Waals surface area contributed by atoms with Gasteiger partial charge in [0.1, 0.15) is 0 Å². The van der Waals surface area contributed by atoms with Gasteiger partial charge in [0.15, 0.2) is 5.75 Å². The summed E-state index contributed by atoms with van der Waals surface area (Å²) in [5.74, 6) is -0.145. The number of carbonyl (C=O) groups is 1. The lowest BCUT2D eigenvalue weighted by molar-refractivity contribution is -0.386. The molecule has 0 atom stereocenters.